The van der Waals surface area contributed by atoms with E-state index in [9.17, 15) is 4.39 Å². The summed E-state index contributed by atoms with van der Waals surface area (Å²) < 4.78 is 15.5. The van der Waals surface area contributed by atoms with Crippen LogP contribution in [0.4, 0.5) is 4.39 Å². The Balaban J connectivity index is 0.00000169. The molecule has 0 bridgehead atoms. The standard InChI is InChI=1S/C19H20FN3.ClH/c1-22-11-3-5-17(22)18-12-15-4-2-10-21-19(15)23(18)13-14-6-8-16(20)9-7-14;/h2,4,6-10,12,17H,3,5,11,13H2,1H3;1H. The number of nitrogens with zero attached hydrogens (tertiary/aromatic N) is 3. The van der Waals surface area contributed by atoms with Crippen molar-refractivity contribution in [1.29, 1.82) is 0 Å². The van der Waals surface area contributed by atoms with Crippen LogP contribution in [0.1, 0.15) is 30.1 Å². The number of hydrogen-bond donors (Lipinski definition) is 0. The number of rotatable bonds is 3. The van der Waals surface area contributed by atoms with E-state index in [2.05, 4.69) is 33.6 Å². The largest absolute Gasteiger partial charge is 0.324 e. The second kappa shape index (κ2) is 6.91. The Labute approximate surface area is 147 Å². The fraction of sp³-hybridized carbons (Fsp3) is 0.316. The van der Waals surface area contributed by atoms with Gasteiger partial charge in [-0.25, -0.2) is 9.37 Å². The van der Waals surface area contributed by atoms with E-state index in [-0.39, 0.29) is 18.2 Å². The molecule has 1 atom stereocenters. The molecule has 0 spiro atoms. The molecule has 3 nitrogen and oxygen atoms in total. The number of fused-ring (bicyclic) bond motifs is 1. The number of aromatic nitrogens is 2. The van der Waals surface area contributed by atoms with Gasteiger partial charge in [-0.1, -0.05) is 12.1 Å². The number of hydrogen-bond acceptors (Lipinski definition) is 2. The number of benzene rings is 1. The lowest BCUT2D eigenvalue weighted by atomic mass is 10.1. The molecule has 1 aliphatic rings. The summed E-state index contributed by atoms with van der Waals surface area (Å²) in [6, 6.07) is 13.5. The van der Waals surface area contributed by atoms with Crippen molar-refractivity contribution in [3.8, 4) is 0 Å². The van der Waals surface area contributed by atoms with Gasteiger partial charge in [-0.3, -0.25) is 4.90 Å². The first-order chi connectivity index (χ1) is 11.2. The summed E-state index contributed by atoms with van der Waals surface area (Å²) in [4.78, 5) is 6.99. The Bertz CT molecular complexity index is 828. The minimum atomic E-state index is -0.194. The molecule has 4 rings (SSSR count). The Morgan fingerprint density at radius 2 is 2.00 bits per heavy atom. The molecule has 0 saturated carbocycles. The minimum Gasteiger partial charge on any atom is -0.324 e. The third kappa shape index (κ3) is 3.04. The van der Waals surface area contributed by atoms with E-state index in [0.29, 0.717) is 6.04 Å². The quantitative estimate of drug-likeness (QED) is 0.701. The molecule has 1 aliphatic heterocycles. The highest BCUT2D eigenvalue weighted by atomic mass is 35.5. The maximum atomic E-state index is 13.2. The van der Waals surface area contributed by atoms with Crippen molar-refractivity contribution in [1.82, 2.24) is 14.5 Å². The average Bonchev–Trinajstić information content (AvgIpc) is 3.13. The van der Waals surface area contributed by atoms with Crippen LogP contribution in [0.5, 0.6) is 0 Å². The van der Waals surface area contributed by atoms with Gasteiger partial charge in [0.25, 0.3) is 0 Å². The predicted molar refractivity (Wildman–Crippen MR) is 97.1 cm³/mol. The van der Waals surface area contributed by atoms with E-state index >= 15 is 0 Å². The topological polar surface area (TPSA) is 21.1 Å². The highest BCUT2D eigenvalue weighted by molar-refractivity contribution is 5.85. The van der Waals surface area contributed by atoms with Gasteiger partial charge in [0, 0.05) is 29.9 Å². The minimum absolute atomic E-state index is 0. The summed E-state index contributed by atoms with van der Waals surface area (Å²) in [7, 11) is 2.19. The molecular weight excluding hydrogens is 325 g/mol. The smallest absolute Gasteiger partial charge is 0.140 e. The summed E-state index contributed by atoms with van der Waals surface area (Å²) in [6.45, 7) is 1.86. The van der Waals surface area contributed by atoms with E-state index < -0.39 is 0 Å². The van der Waals surface area contributed by atoms with Crippen molar-refractivity contribution in [2.75, 3.05) is 13.6 Å². The van der Waals surface area contributed by atoms with E-state index in [1.54, 1.807) is 0 Å². The Morgan fingerprint density at radius 1 is 1.21 bits per heavy atom. The molecule has 24 heavy (non-hydrogen) atoms. The molecule has 2 aromatic heterocycles. The van der Waals surface area contributed by atoms with Crippen LogP contribution in [0, 0.1) is 5.82 Å². The van der Waals surface area contributed by atoms with Crippen molar-refractivity contribution in [2.45, 2.75) is 25.4 Å². The lowest BCUT2D eigenvalue weighted by Crippen LogP contribution is -2.20. The van der Waals surface area contributed by atoms with Crippen LogP contribution in [-0.2, 0) is 6.54 Å². The van der Waals surface area contributed by atoms with E-state index in [1.807, 2.05) is 24.4 Å². The van der Waals surface area contributed by atoms with Gasteiger partial charge in [0.1, 0.15) is 11.5 Å². The fourth-order valence-electron chi connectivity index (χ4n) is 3.61. The first-order valence-corrected chi connectivity index (χ1v) is 8.11. The molecule has 1 aromatic carbocycles. The summed E-state index contributed by atoms with van der Waals surface area (Å²) in [6.07, 6.45) is 4.24. The predicted octanol–water partition coefficient (Wildman–Crippen LogP) is 4.41. The van der Waals surface area contributed by atoms with E-state index in [1.165, 1.54) is 36.1 Å². The van der Waals surface area contributed by atoms with Gasteiger partial charge in [0.15, 0.2) is 0 Å². The molecule has 0 amide bonds. The summed E-state index contributed by atoms with van der Waals surface area (Å²) in [5, 5.41) is 1.17. The van der Waals surface area contributed by atoms with Crippen molar-refractivity contribution < 1.29 is 4.39 Å². The van der Waals surface area contributed by atoms with E-state index in [4.69, 9.17) is 0 Å². The summed E-state index contributed by atoms with van der Waals surface area (Å²) in [5.74, 6) is -0.194. The van der Waals surface area contributed by atoms with Gasteiger partial charge in [0.05, 0.1) is 0 Å². The summed E-state index contributed by atoms with van der Waals surface area (Å²) in [5.41, 5.74) is 3.41. The molecule has 1 unspecified atom stereocenters. The van der Waals surface area contributed by atoms with Gasteiger partial charge in [0.2, 0.25) is 0 Å². The maximum absolute atomic E-state index is 13.2. The Kier molecular flexibility index (Phi) is 4.88. The molecule has 0 N–H and O–H groups in total. The molecule has 126 valence electrons. The monoisotopic (exact) mass is 345 g/mol. The van der Waals surface area contributed by atoms with Crippen LogP contribution in [0.15, 0.2) is 48.7 Å². The molecule has 5 heteroatoms. The second-order valence-corrected chi connectivity index (χ2v) is 6.34. The second-order valence-electron chi connectivity index (χ2n) is 6.34. The van der Waals surface area contributed by atoms with Crippen LogP contribution in [0.25, 0.3) is 11.0 Å². The van der Waals surface area contributed by atoms with Crippen LogP contribution < -0.4 is 0 Å². The number of pyridine rings is 1. The highest BCUT2D eigenvalue weighted by Crippen LogP contribution is 2.34. The maximum Gasteiger partial charge on any atom is 0.140 e. The first kappa shape index (κ1) is 16.9. The number of likely N-dealkylation sites (tertiary alicyclic amines) is 1. The number of halogens is 2. The molecule has 1 fully saturated rings. The van der Waals surface area contributed by atoms with Gasteiger partial charge in [-0.05, 0) is 62.3 Å². The highest BCUT2D eigenvalue weighted by Gasteiger charge is 2.26. The van der Waals surface area contributed by atoms with Gasteiger partial charge >= 0.3 is 0 Å². The van der Waals surface area contributed by atoms with Gasteiger partial charge in [-0.2, -0.15) is 0 Å². The van der Waals surface area contributed by atoms with Crippen molar-refractivity contribution in [3.05, 3.63) is 65.7 Å². The third-order valence-corrected chi connectivity index (χ3v) is 4.80. The third-order valence-electron chi connectivity index (χ3n) is 4.80. The lowest BCUT2D eigenvalue weighted by molar-refractivity contribution is 0.306. The molecule has 3 heterocycles. The van der Waals surface area contributed by atoms with Gasteiger partial charge < -0.3 is 4.57 Å². The average molecular weight is 346 g/mol. The Morgan fingerprint density at radius 3 is 2.71 bits per heavy atom. The summed E-state index contributed by atoms with van der Waals surface area (Å²) >= 11 is 0. The van der Waals surface area contributed by atoms with Crippen molar-refractivity contribution in [2.24, 2.45) is 0 Å². The molecular formula is C19H21ClFN3. The van der Waals surface area contributed by atoms with Gasteiger partial charge in [-0.15, -0.1) is 12.4 Å². The van der Waals surface area contributed by atoms with Crippen LogP contribution in [-0.4, -0.2) is 28.0 Å². The van der Waals surface area contributed by atoms with Crippen LogP contribution in [0.2, 0.25) is 0 Å². The zero-order valence-corrected chi connectivity index (χ0v) is 14.5. The first-order valence-electron chi connectivity index (χ1n) is 8.11. The zero-order valence-electron chi connectivity index (χ0n) is 13.7. The molecule has 0 radical (unpaired) electrons. The Hall–Kier alpha value is -1.91. The fourth-order valence-corrected chi connectivity index (χ4v) is 3.61. The van der Waals surface area contributed by atoms with E-state index in [0.717, 1.165) is 24.3 Å². The molecule has 0 aliphatic carbocycles. The van der Waals surface area contributed by atoms with Crippen molar-refractivity contribution in [3.63, 3.8) is 0 Å². The SMILES string of the molecule is CN1CCCC1c1cc2cccnc2n1Cc1ccc(F)cc1.Cl. The normalized spacial score (nSPS) is 18.0. The molecule has 3 aromatic rings. The lowest BCUT2D eigenvalue weighted by Gasteiger charge is -2.22. The zero-order chi connectivity index (χ0) is 15.8. The molecule has 1 saturated heterocycles. The van der Waals surface area contributed by atoms with Crippen LogP contribution in [0.3, 0.4) is 0 Å². The van der Waals surface area contributed by atoms with Crippen LogP contribution >= 0.6 is 12.4 Å². The van der Waals surface area contributed by atoms with Crippen molar-refractivity contribution >= 4 is 23.4 Å².